The molecular formula is C7H10N3O2S-. The molecule has 0 saturated heterocycles. The van der Waals surface area contributed by atoms with Crippen molar-refractivity contribution in [3.8, 4) is 0 Å². The van der Waals surface area contributed by atoms with Gasteiger partial charge in [0.1, 0.15) is 0 Å². The third-order valence-electron chi connectivity index (χ3n) is 1.03. The van der Waals surface area contributed by atoms with Crippen LogP contribution in [0, 0.1) is 0 Å². The average Bonchev–Trinajstić information content (AvgIpc) is 2.10. The van der Waals surface area contributed by atoms with E-state index >= 15 is 0 Å². The molecule has 0 saturated carbocycles. The number of carbonyl (C=O) groups excluding carboxylic acids is 1. The van der Waals surface area contributed by atoms with E-state index in [1.807, 2.05) is 0 Å². The number of carbonyl (C=O) groups is 1. The summed E-state index contributed by atoms with van der Waals surface area (Å²) < 4.78 is 0. The Balaban J connectivity index is 3.87. The van der Waals surface area contributed by atoms with E-state index in [1.165, 1.54) is 6.92 Å². The predicted octanol–water partition coefficient (Wildman–Crippen LogP) is -1.24. The Morgan fingerprint density at radius 3 is 2.85 bits per heavy atom. The molecule has 0 bridgehead atoms. The highest BCUT2D eigenvalue weighted by Gasteiger charge is 1.92. The fourth-order valence-electron chi connectivity index (χ4n) is 0.385. The molecule has 0 aliphatic carbocycles. The van der Waals surface area contributed by atoms with Gasteiger partial charge in [0.05, 0.1) is 11.7 Å². The molecule has 0 heterocycles. The highest BCUT2D eigenvalue weighted by molar-refractivity contribution is 7.80. The van der Waals surface area contributed by atoms with Crippen LogP contribution in [0.15, 0.2) is 17.8 Å². The molecule has 6 heteroatoms. The van der Waals surface area contributed by atoms with Crippen molar-refractivity contribution in [1.29, 1.82) is 0 Å². The number of nitrogens with zero attached hydrogens (tertiary/aromatic N) is 1. The van der Waals surface area contributed by atoms with E-state index < -0.39 is 5.97 Å². The lowest BCUT2D eigenvalue weighted by molar-refractivity contribution is -0.294. The Labute approximate surface area is 81.5 Å². The molecule has 0 rings (SSSR count). The first kappa shape index (κ1) is 11.6. The van der Waals surface area contributed by atoms with Crippen molar-refractivity contribution in [3.63, 3.8) is 0 Å². The van der Waals surface area contributed by atoms with Crippen LogP contribution in [0.25, 0.3) is 0 Å². The lowest BCUT2D eigenvalue weighted by atomic mass is 10.4. The molecule has 0 fully saturated rings. The molecule has 0 radical (unpaired) electrons. The van der Waals surface area contributed by atoms with Crippen molar-refractivity contribution in [2.75, 3.05) is 6.54 Å². The lowest BCUT2D eigenvalue weighted by Crippen LogP contribution is -2.36. The summed E-state index contributed by atoms with van der Waals surface area (Å²) in [5.74, 6) is -1.33. The van der Waals surface area contributed by atoms with Crippen LogP contribution in [0.3, 0.4) is 0 Å². The minimum atomic E-state index is -1.33. The van der Waals surface area contributed by atoms with Gasteiger partial charge in [-0.05, 0) is 19.1 Å². The van der Waals surface area contributed by atoms with Gasteiger partial charge in [-0.15, -0.1) is 6.58 Å². The largest absolute Gasteiger partial charge is 0.543 e. The molecule has 2 N–H and O–H groups in total. The molecule has 0 aromatic rings. The SMILES string of the molecule is C=CCNC(=S)N/N=C(/C)C(=O)[O-]. The molecule has 0 unspecified atom stereocenters. The maximum atomic E-state index is 10.2. The van der Waals surface area contributed by atoms with Crippen LogP contribution in [0.5, 0.6) is 0 Å². The van der Waals surface area contributed by atoms with E-state index in [0.29, 0.717) is 6.54 Å². The molecule has 72 valence electrons. The van der Waals surface area contributed by atoms with Gasteiger partial charge >= 0.3 is 0 Å². The molecule has 0 aliphatic heterocycles. The maximum absolute atomic E-state index is 10.2. The zero-order chi connectivity index (χ0) is 10.3. The normalized spacial score (nSPS) is 10.4. The summed E-state index contributed by atoms with van der Waals surface area (Å²) in [6.07, 6.45) is 1.61. The van der Waals surface area contributed by atoms with Crippen molar-refractivity contribution in [1.82, 2.24) is 10.7 Å². The highest BCUT2D eigenvalue weighted by atomic mass is 32.1. The molecule has 13 heavy (non-hydrogen) atoms. The Kier molecular flexibility index (Phi) is 5.45. The molecular weight excluding hydrogens is 190 g/mol. The number of thiocarbonyl (C=S) groups is 1. The fourth-order valence-corrected chi connectivity index (χ4v) is 0.514. The first-order chi connectivity index (χ1) is 6.07. The van der Waals surface area contributed by atoms with Gasteiger partial charge < -0.3 is 15.2 Å². The summed E-state index contributed by atoms with van der Waals surface area (Å²) >= 11 is 4.73. The van der Waals surface area contributed by atoms with Crippen LogP contribution in [-0.4, -0.2) is 23.3 Å². The lowest BCUT2D eigenvalue weighted by Gasteiger charge is -2.05. The number of carboxylic acid groups (broad SMARTS) is 1. The van der Waals surface area contributed by atoms with Gasteiger partial charge in [0, 0.05) is 6.54 Å². The third kappa shape index (κ3) is 5.80. The molecule has 0 amide bonds. The summed E-state index contributed by atoms with van der Waals surface area (Å²) in [6, 6.07) is 0. The van der Waals surface area contributed by atoms with E-state index in [4.69, 9.17) is 12.2 Å². The van der Waals surface area contributed by atoms with Gasteiger partial charge in [-0.25, -0.2) is 0 Å². The number of nitrogens with one attached hydrogen (secondary N) is 2. The Morgan fingerprint density at radius 1 is 1.77 bits per heavy atom. The van der Waals surface area contributed by atoms with E-state index in [2.05, 4.69) is 22.4 Å². The average molecular weight is 200 g/mol. The molecule has 0 atom stereocenters. The van der Waals surface area contributed by atoms with E-state index in [0.717, 1.165) is 0 Å². The number of hydrazone groups is 1. The second-order valence-electron chi connectivity index (χ2n) is 2.10. The van der Waals surface area contributed by atoms with Gasteiger partial charge in [-0.1, -0.05) is 6.08 Å². The molecule has 0 spiro atoms. The minimum Gasteiger partial charge on any atom is -0.543 e. The van der Waals surface area contributed by atoms with Gasteiger partial charge in [0.2, 0.25) is 0 Å². The van der Waals surface area contributed by atoms with E-state index in [9.17, 15) is 9.90 Å². The zero-order valence-corrected chi connectivity index (χ0v) is 7.98. The van der Waals surface area contributed by atoms with Gasteiger partial charge in [-0.3, -0.25) is 5.43 Å². The van der Waals surface area contributed by atoms with Crippen LogP contribution in [0.2, 0.25) is 0 Å². The number of aliphatic carboxylic acids is 1. The number of hydrogen-bond acceptors (Lipinski definition) is 4. The Morgan fingerprint density at radius 2 is 2.38 bits per heavy atom. The van der Waals surface area contributed by atoms with Crippen molar-refractivity contribution in [3.05, 3.63) is 12.7 Å². The van der Waals surface area contributed by atoms with Crippen molar-refractivity contribution in [2.24, 2.45) is 5.10 Å². The van der Waals surface area contributed by atoms with Crippen molar-refractivity contribution >= 4 is 29.0 Å². The molecule has 5 nitrogen and oxygen atoms in total. The molecule has 0 aromatic heterocycles. The van der Waals surface area contributed by atoms with Crippen LogP contribution in [0.1, 0.15) is 6.92 Å². The van der Waals surface area contributed by atoms with Gasteiger partial charge in [-0.2, -0.15) is 5.10 Å². The smallest absolute Gasteiger partial charge is 0.187 e. The Bertz CT molecular complexity index is 250. The van der Waals surface area contributed by atoms with Gasteiger partial charge in [0.25, 0.3) is 0 Å². The summed E-state index contributed by atoms with van der Waals surface area (Å²) in [6.45, 7) is 5.26. The summed E-state index contributed by atoms with van der Waals surface area (Å²) in [7, 11) is 0. The van der Waals surface area contributed by atoms with E-state index in [-0.39, 0.29) is 10.8 Å². The van der Waals surface area contributed by atoms with Crippen molar-refractivity contribution in [2.45, 2.75) is 6.92 Å². The fraction of sp³-hybridized carbons (Fsp3) is 0.286. The number of carboxylic acids is 1. The summed E-state index contributed by atoms with van der Waals surface area (Å²) in [4.78, 5) is 10.2. The second-order valence-corrected chi connectivity index (χ2v) is 2.50. The quantitative estimate of drug-likeness (QED) is 0.257. The summed E-state index contributed by atoms with van der Waals surface area (Å²) in [5.41, 5.74) is 2.17. The first-order valence-corrected chi connectivity index (χ1v) is 3.89. The number of hydrogen-bond donors (Lipinski definition) is 2. The second kappa shape index (κ2) is 6.13. The molecule has 0 aromatic carbocycles. The van der Waals surface area contributed by atoms with Crippen LogP contribution >= 0.6 is 12.2 Å². The predicted molar refractivity (Wildman–Crippen MR) is 52.0 cm³/mol. The molecule has 0 aliphatic rings. The van der Waals surface area contributed by atoms with Crippen LogP contribution in [0.4, 0.5) is 0 Å². The standard InChI is InChI=1S/C7H11N3O2S/c1-3-4-8-7(13)10-9-5(2)6(11)12/h3H,1,4H2,2H3,(H,11,12)(H2,8,10,13)/p-1/b9-5-. The summed E-state index contributed by atoms with van der Waals surface area (Å²) in [5, 5.41) is 16.6. The van der Waals surface area contributed by atoms with Gasteiger partial charge in [0.15, 0.2) is 5.11 Å². The maximum Gasteiger partial charge on any atom is 0.187 e. The minimum absolute atomic E-state index is 0.164. The van der Waals surface area contributed by atoms with Crippen LogP contribution < -0.4 is 15.8 Å². The van der Waals surface area contributed by atoms with E-state index in [1.54, 1.807) is 6.08 Å². The first-order valence-electron chi connectivity index (χ1n) is 3.48. The third-order valence-corrected chi connectivity index (χ3v) is 1.26. The van der Waals surface area contributed by atoms with Crippen LogP contribution in [-0.2, 0) is 4.79 Å². The number of rotatable bonds is 4. The monoisotopic (exact) mass is 200 g/mol. The zero-order valence-electron chi connectivity index (χ0n) is 7.16. The highest BCUT2D eigenvalue weighted by Crippen LogP contribution is 1.73. The Hall–Kier alpha value is -1.43. The van der Waals surface area contributed by atoms with Crippen molar-refractivity contribution < 1.29 is 9.90 Å². The topological polar surface area (TPSA) is 76.5 Å².